The lowest BCUT2D eigenvalue weighted by molar-refractivity contribution is 0.249. The lowest BCUT2D eigenvalue weighted by Crippen LogP contribution is -2.46. The molecule has 0 amide bonds. The molecule has 1 aliphatic rings. The highest BCUT2D eigenvalue weighted by Gasteiger charge is 2.19. The van der Waals surface area contributed by atoms with Gasteiger partial charge in [-0.25, -0.2) is 19.9 Å². The lowest BCUT2D eigenvalue weighted by atomic mass is 10.2. The number of aliphatic imine (C=N–C) groups is 1. The Balaban J connectivity index is 0.00000289. The molecule has 0 bridgehead atoms. The minimum Gasteiger partial charge on any atom is -0.405 e. The zero-order chi connectivity index (χ0) is 21.5. The Kier molecular flexibility index (Phi) is 6.85. The van der Waals surface area contributed by atoms with Crippen molar-refractivity contribution in [3.63, 3.8) is 0 Å². The van der Waals surface area contributed by atoms with E-state index >= 15 is 0 Å². The van der Waals surface area contributed by atoms with Gasteiger partial charge < -0.3 is 16.0 Å². The van der Waals surface area contributed by atoms with Gasteiger partial charge >= 0.3 is 0 Å². The van der Waals surface area contributed by atoms with Gasteiger partial charge in [-0.1, -0.05) is 0 Å². The average molecular weight is 437 g/mol. The molecule has 1 saturated heterocycles. The highest BCUT2D eigenvalue weighted by atomic mass is 32.1. The van der Waals surface area contributed by atoms with Crippen LogP contribution in [0.4, 0.5) is 22.5 Å². The number of pyridine rings is 2. The van der Waals surface area contributed by atoms with Crippen molar-refractivity contribution in [1.82, 2.24) is 19.9 Å². The van der Waals surface area contributed by atoms with Crippen LogP contribution < -0.4 is 16.0 Å². The molecule has 4 heterocycles. The Morgan fingerprint density at radius 1 is 1.19 bits per heavy atom. The third-order valence-corrected chi connectivity index (χ3v) is 5.75. The summed E-state index contributed by atoms with van der Waals surface area (Å²) in [6, 6.07) is 8.23. The Morgan fingerprint density at radius 3 is 2.81 bits per heavy atom. The Morgan fingerprint density at radius 2 is 2.06 bits per heavy atom. The molecule has 0 atom stereocenters. The molecule has 0 saturated carbocycles. The van der Waals surface area contributed by atoms with E-state index in [1.807, 2.05) is 24.6 Å². The number of aromatic nitrogens is 3. The van der Waals surface area contributed by atoms with E-state index in [-0.39, 0.29) is 1.43 Å². The molecule has 1 aliphatic heterocycles. The minimum absolute atomic E-state index is 0. The van der Waals surface area contributed by atoms with Crippen molar-refractivity contribution in [2.45, 2.75) is 13.5 Å². The summed E-state index contributed by atoms with van der Waals surface area (Å²) in [4.78, 5) is 22.4. The predicted molar refractivity (Wildman–Crippen MR) is 130 cm³/mol. The van der Waals surface area contributed by atoms with Crippen LogP contribution in [0.5, 0.6) is 0 Å². The highest BCUT2D eigenvalue weighted by molar-refractivity contribution is 7.13. The molecule has 0 spiro atoms. The van der Waals surface area contributed by atoms with Gasteiger partial charge in [-0.05, 0) is 49.0 Å². The molecule has 3 N–H and O–H groups in total. The van der Waals surface area contributed by atoms with Crippen molar-refractivity contribution < 1.29 is 1.43 Å². The number of anilines is 3. The molecule has 0 unspecified atom stereocenters. The summed E-state index contributed by atoms with van der Waals surface area (Å²) in [7, 11) is 0. The maximum atomic E-state index is 5.33. The molecule has 8 nitrogen and oxygen atoms in total. The van der Waals surface area contributed by atoms with Crippen molar-refractivity contribution in [1.29, 1.82) is 0 Å². The summed E-state index contributed by atoms with van der Waals surface area (Å²) in [5, 5.41) is 6.06. The van der Waals surface area contributed by atoms with Crippen LogP contribution in [-0.2, 0) is 6.54 Å². The first-order valence-electron chi connectivity index (χ1n) is 10.2. The molecular formula is C22H28N8S. The number of nitrogens with one attached hydrogen (secondary N) is 1. The molecule has 1 fully saturated rings. The van der Waals surface area contributed by atoms with Gasteiger partial charge in [0.1, 0.15) is 5.82 Å². The zero-order valence-corrected chi connectivity index (χ0v) is 18.3. The van der Waals surface area contributed by atoms with E-state index in [4.69, 9.17) is 5.73 Å². The summed E-state index contributed by atoms with van der Waals surface area (Å²) in [5.74, 6) is 1.52. The number of aryl methyl sites for hydroxylation is 1. The Labute approximate surface area is 187 Å². The van der Waals surface area contributed by atoms with Crippen molar-refractivity contribution in [2.75, 3.05) is 36.4 Å². The Bertz CT molecular complexity index is 1050. The van der Waals surface area contributed by atoms with Crippen LogP contribution in [0.3, 0.4) is 0 Å². The van der Waals surface area contributed by atoms with E-state index in [9.17, 15) is 0 Å². The monoisotopic (exact) mass is 436 g/mol. The maximum Gasteiger partial charge on any atom is 0.188 e. The number of hydrogen-bond donors (Lipinski definition) is 2. The molecule has 3 aromatic rings. The Hall–Kier alpha value is -3.30. The molecule has 0 aliphatic carbocycles. The van der Waals surface area contributed by atoms with E-state index in [1.165, 1.54) is 17.5 Å². The number of piperazine rings is 1. The number of nitrogens with two attached hydrogens (primary N) is 1. The van der Waals surface area contributed by atoms with Crippen molar-refractivity contribution >= 4 is 40.0 Å². The van der Waals surface area contributed by atoms with Crippen LogP contribution in [0.15, 0.2) is 59.3 Å². The van der Waals surface area contributed by atoms with E-state index in [0.29, 0.717) is 5.82 Å². The summed E-state index contributed by atoms with van der Waals surface area (Å²) in [6.07, 6.45) is 8.42. The van der Waals surface area contributed by atoms with Crippen LogP contribution in [-0.4, -0.2) is 52.2 Å². The predicted octanol–water partition coefficient (Wildman–Crippen LogP) is 3.73. The molecule has 4 rings (SSSR count). The van der Waals surface area contributed by atoms with E-state index in [1.54, 1.807) is 29.8 Å². The quantitative estimate of drug-likeness (QED) is 0.545. The molecule has 162 valence electrons. The average Bonchev–Trinajstić information content (AvgIpc) is 3.28. The van der Waals surface area contributed by atoms with Gasteiger partial charge in [-0.15, -0.1) is 11.3 Å². The summed E-state index contributed by atoms with van der Waals surface area (Å²) in [5.41, 5.74) is 8.74. The van der Waals surface area contributed by atoms with Crippen molar-refractivity contribution in [3.8, 4) is 0 Å². The fraction of sp³-hybridized carbons (Fsp3) is 0.273. The van der Waals surface area contributed by atoms with Crippen molar-refractivity contribution in [2.24, 2.45) is 10.7 Å². The van der Waals surface area contributed by atoms with Gasteiger partial charge in [-0.3, -0.25) is 4.90 Å². The fourth-order valence-corrected chi connectivity index (χ4v) is 4.09. The second-order valence-electron chi connectivity index (χ2n) is 7.21. The molecule has 0 radical (unpaired) electrons. The van der Waals surface area contributed by atoms with Gasteiger partial charge in [0.05, 0.1) is 11.4 Å². The molecule has 0 aromatic carbocycles. The SMILES string of the molecule is Cc1nc(N=C/C=C\N)ccc1N1CCN(Cc2ccnc(Nc3nccs3)c2)CC1.[HH]. The number of nitrogens with zero attached hydrogens (tertiary/aromatic N) is 6. The zero-order valence-electron chi connectivity index (χ0n) is 17.5. The van der Waals surface area contributed by atoms with Gasteiger partial charge in [-0.2, -0.15) is 0 Å². The van der Waals surface area contributed by atoms with Gasteiger partial charge in [0.25, 0.3) is 0 Å². The van der Waals surface area contributed by atoms with Crippen LogP contribution in [0.2, 0.25) is 0 Å². The summed E-state index contributed by atoms with van der Waals surface area (Å²) in [6.45, 7) is 6.87. The highest BCUT2D eigenvalue weighted by Crippen LogP contribution is 2.24. The second-order valence-corrected chi connectivity index (χ2v) is 8.11. The molecule has 3 aromatic heterocycles. The minimum atomic E-state index is 0. The van der Waals surface area contributed by atoms with Gasteiger partial charge in [0, 0.05) is 58.1 Å². The third-order valence-electron chi connectivity index (χ3n) is 5.06. The van der Waals surface area contributed by atoms with Crippen LogP contribution in [0.25, 0.3) is 0 Å². The number of hydrogen-bond acceptors (Lipinski definition) is 9. The molecule has 31 heavy (non-hydrogen) atoms. The van der Waals surface area contributed by atoms with E-state index in [0.717, 1.165) is 49.4 Å². The van der Waals surface area contributed by atoms with E-state index < -0.39 is 0 Å². The van der Waals surface area contributed by atoms with Crippen LogP contribution in [0.1, 0.15) is 12.7 Å². The number of thiazole rings is 1. The maximum absolute atomic E-state index is 5.33. The summed E-state index contributed by atoms with van der Waals surface area (Å²) < 4.78 is 0. The first-order chi connectivity index (χ1) is 15.2. The molecular weight excluding hydrogens is 408 g/mol. The first kappa shape index (κ1) is 21.0. The topological polar surface area (TPSA) is 95.6 Å². The third kappa shape index (κ3) is 5.65. The van der Waals surface area contributed by atoms with Crippen LogP contribution in [0, 0.1) is 6.92 Å². The van der Waals surface area contributed by atoms with Crippen LogP contribution >= 0.6 is 11.3 Å². The fourth-order valence-electron chi connectivity index (χ4n) is 3.56. The lowest BCUT2D eigenvalue weighted by Gasteiger charge is -2.36. The largest absolute Gasteiger partial charge is 0.405 e. The van der Waals surface area contributed by atoms with Gasteiger partial charge in [0.2, 0.25) is 0 Å². The molecule has 9 heteroatoms. The number of allylic oxidation sites excluding steroid dienone is 1. The summed E-state index contributed by atoms with van der Waals surface area (Å²) >= 11 is 1.57. The normalized spacial score (nSPS) is 15.2. The standard InChI is InChI=1S/C22H26N8S.H2/c1-17-19(3-4-20(27-17)24-7-2-6-23)30-12-10-29(11-13-30)16-18-5-8-25-21(15-18)28-22-26-9-14-31-22;/h2-9,14-15H,10-13,16,23H2,1H3,(H,25,26,28);1H/b6-2-,24-7?;. The van der Waals surface area contributed by atoms with Crippen molar-refractivity contribution in [3.05, 3.63) is 65.6 Å². The second kappa shape index (κ2) is 10.1. The van der Waals surface area contributed by atoms with Gasteiger partial charge in [0.15, 0.2) is 10.9 Å². The first-order valence-corrected chi connectivity index (χ1v) is 11.1. The smallest absolute Gasteiger partial charge is 0.188 e. The van der Waals surface area contributed by atoms with E-state index in [2.05, 4.69) is 53.3 Å². The number of rotatable bonds is 7.